The number of sulfonamides is 1. The predicted octanol–water partition coefficient (Wildman–Crippen LogP) is -1.60. The van der Waals surface area contributed by atoms with E-state index < -0.39 is 52.6 Å². The molecule has 0 aliphatic carbocycles. The Morgan fingerprint density at radius 3 is 2.22 bits per heavy atom. The largest absolute Gasteiger partial charge is 0.481 e. The van der Waals surface area contributed by atoms with Crippen molar-refractivity contribution in [2.45, 2.75) is 18.9 Å². The molecule has 0 fully saturated rings. The van der Waals surface area contributed by atoms with Gasteiger partial charge >= 0.3 is 17.9 Å². The molecule has 18 heavy (non-hydrogen) atoms. The number of carboxylic acids is 2. The monoisotopic (exact) mass is 283 g/mol. The number of esters is 1. The van der Waals surface area contributed by atoms with Gasteiger partial charge in [-0.3, -0.25) is 14.4 Å². The molecular weight excluding hydrogens is 270 g/mol. The Morgan fingerprint density at radius 1 is 1.28 bits per heavy atom. The summed E-state index contributed by atoms with van der Waals surface area (Å²) in [6.45, 7) is 0. The molecule has 3 N–H and O–H groups in total. The minimum Gasteiger partial charge on any atom is -0.481 e. The third-order valence-corrected chi connectivity index (χ3v) is 3.19. The number of methoxy groups -OCH3 is 1. The van der Waals surface area contributed by atoms with Crippen LogP contribution in [0.4, 0.5) is 0 Å². The summed E-state index contributed by atoms with van der Waals surface area (Å²) in [5.74, 6) is -4.52. The van der Waals surface area contributed by atoms with Crippen LogP contribution in [0.2, 0.25) is 0 Å². The Balaban J connectivity index is 4.56. The van der Waals surface area contributed by atoms with Crippen molar-refractivity contribution in [1.82, 2.24) is 4.72 Å². The van der Waals surface area contributed by atoms with Crippen LogP contribution in [-0.4, -0.2) is 55.4 Å². The second kappa shape index (κ2) is 6.91. The van der Waals surface area contributed by atoms with Crippen molar-refractivity contribution in [2.75, 3.05) is 12.9 Å². The lowest BCUT2D eigenvalue weighted by Crippen LogP contribution is -2.43. The lowest BCUT2D eigenvalue weighted by molar-refractivity contribution is -0.145. The fourth-order valence-corrected chi connectivity index (χ4v) is 2.12. The normalized spacial score (nSPS) is 12.7. The van der Waals surface area contributed by atoms with Gasteiger partial charge in [-0.05, 0) is 0 Å². The number of hydrogen-bond donors (Lipinski definition) is 3. The van der Waals surface area contributed by atoms with Crippen LogP contribution in [0, 0.1) is 0 Å². The molecule has 0 unspecified atom stereocenters. The molecule has 1 atom stereocenters. The number of nitrogens with one attached hydrogen (secondary N) is 1. The maximum atomic E-state index is 11.4. The molecule has 104 valence electrons. The SMILES string of the molecule is COC(=O)CCS(=O)(=O)N[C@@H](CC(=O)O)C(=O)O. The van der Waals surface area contributed by atoms with Gasteiger partial charge in [0, 0.05) is 0 Å². The topological polar surface area (TPSA) is 147 Å². The number of carboxylic acid groups (broad SMARTS) is 2. The van der Waals surface area contributed by atoms with Crippen LogP contribution in [-0.2, 0) is 29.1 Å². The highest BCUT2D eigenvalue weighted by Crippen LogP contribution is 1.99. The van der Waals surface area contributed by atoms with E-state index in [1.165, 1.54) is 0 Å². The highest BCUT2D eigenvalue weighted by Gasteiger charge is 2.26. The third-order valence-electron chi connectivity index (χ3n) is 1.80. The summed E-state index contributed by atoms with van der Waals surface area (Å²) in [4.78, 5) is 31.7. The summed E-state index contributed by atoms with van der Waals surface area (Å²) in [5, 5.41) is 17.0. The van der Waals surface area contributed by atoms with Gasteiger partial charge in [0.05, 0.1) is 25.7 Å². The Morgan fingerprint density at radius 2 is 1.83 bits per heavy atom. The van der Waals surface area contributed by atoms with Crippen LogP contribution in [0.3, 0.4) is 0 Å². The van der Waals surface area contributed by atoms with Crippen LogP contribution in [0.15, 0.2) is 0 Å². The Hall–Kier alpha value is -1.68. The van der Waals surface area contributed by atoms with E-state index in [9.17, 15) is 22.8 Å². The van der Waals surface area contributed by atoms with Crippen molar-refractivity contribution in [2.24, 2.45) is 0 Å². The van der Waals surface area contributed by atoms with E-state index >= 15 is 0 Å². The molecule has 0 aliphatic heterocycles. The molecule has 9 nitrogen and oxygen atoms in total. The van der Waals surface area contributed by atoms with Gasteiger partial charge in [-0.1, -0.05) is 0 Å². The van der Waals surface area contributed by atoms with Gasteiger partial charge < -0.3 is 14.9 Å². The Labute approximate surface area is 103 Å². The molecule has 0 aromatic heterocycles. The number of carbonyl (C=O) groups excluding carboxylic acids is 1. The molecule has 0 saturated heterocycles. The number of aliphatic carboxylic acids is 2. The van der Waals surface area contributed by atoms with Gasteiger partial charge in [0.1, 0.15) is 6.04 Å². The van der Waals surface area contributed by atoms with Crippen molar-refractivity contribution in [3.63, 3.8) is 0 Å². The summed E-state index contributed by atoms with van der Waals surface area (Å²) in [6.07, 6.45) is -1.35. The standard InChI is InChI=1S/C8H13NO8S/c1-17-7(12)2-3-18(15,16)9-5(8(13)14)4-6(10)11/h5,9H,2-4H2,1H3,(H,10,11)(H,13,14)/t5-/m0/s1. The van der Waals surface area contributed by atoms with Gasteiger partial charge in [0.25, 0.3) is 0 Å². The fourth-order valence-electron chi connectivity index (χ4n) is 0.949. The lowest BCUT2D eigenvalue weighted by atomic mass is 10.2. The van der Waals surface area contributed by atoms with Crippen LogP contribution >= 0.6 is 0 Å². The molecule has 0 spiro atoms. The molecule has 10 heteroatoms. The molecule has 0 rings (SSSR count). The average Bonchev–Trinajstić information content (AvgIpc) is 2.24. The summed E-state index contributed by atoms with van der Waals surface area (Å²) in [6, 6.07) is -1.77. The highest BCUT2D eigenvalue weighted by molar-refractivity contribution is 7.89. The van der Waals surface area contributed by atoms with E-state index in [0.717, 1.165) is 7.11 Å². The first kappa shape index (κ1) is 16.3. The predicted molar refractivity (Wildman–Crippen MR) is 57.2 cm³/mol. The Bertz CT molecular complexity index is 428. The van der Waals surface area contributed by atoms with Gasteiger partial charge in [-0.25, -0.2) is 13.1 Å². The molecule has 0 aromatic carbocycles. The first-order valence-electron chi connectivity index (χ1n) is 4.69. The summed E-state index contributed by atoms with van der Waals surface area (Å²) < 4.78 is 28.7. The van der Waals surface area contributed by atoms with E-state index in [1.807, 2.05) is 0 Å². The molecule has 0 amide bonds. The zero-order chi connectivity index (χ0) is 14.3. The molecule has 0 heterocycles. The fraction of sp³-hybridized carbons (Fsp3) is 0.625. The molecule has 0 radical (unpaired) electrons. The maximum absolute atomic E-state index is 11.4. The van der Waals surface area contributed by atoms with Crippen LogP contribution in [0.1, 0.15) is 12.8 Å². The van der Waals surface area contributed by atoms with Crippen molar-refractivity contribution in [3.05, 3.63) is 0 Å². The summed E-state index contributed by atoms with van der Waals surface area (Å²) in [7, 11) is -3.00. The lowest BCUT2D eigenvalue weighted by Gasteiger charge is -2.12. The zero-order valence-electron chi connectivity index (χ0n) is 9.45. The quantitative estimate of drug-likeness (QED) is 0.451. The number of rotatable bonds is 8. The van der Waals surface area contributed by atoms with Crippen molar-refractivity contribution >= 4 is 27.9 Å². The van der Waals surface area contributed by atoms with Crippen LogP contribution in [0.25, 0.3) is 0 Å². The molecule has 0 saturated carbocycles. The van der Waals surface area contributed by atoms with Crippen LogP contribution in [0.5, 0.6) is 0 Å². The van der Waals surface area contributed by atoms with Crippen molar-refractivity contribution in [1.29, 1.82) is 0 Å². The third kappa shape index (κ3) is 6.81. The second-order valence-electron chi connectivity index (χ2n) is 3.25. The Kier molecular flexibility index (Phi) is 6.27. The summed E-state index contributed by atoms with van der Waals surface area (Å²) >= 11 is 0. The smallest absolute Gasteiger partial charge is 0.322 e. The van der Waals surface area contributed by atoms with Gasteiger partial charge in [0.15, 0.2) is 0 Å². The van der Waals surface area contributed by atoms with Crippen molar-refractivity contribution < 1.29 is 37.8 Å². The van der Waals surface area contributed by atoms with E-state index in [-0.39, 0.29) is 0 Å². The molecule has 0 aromatic rings. The van der Waals surface area contributed by atoms with Crippen molar-refractivity contribution in [3.8, 4) is 0 Å². The van der Waals surface area contributed by atoms with E-state index in [0.29, 0.717) is 0 Å². The minimum atomic E-state index is -4.07. The first-order chi connectivity index (χ1) is 8.18. The number of hydrogen-bond acceptors (Lipinski definition) is 6. The second-order valence-corrected chi connectivity index (χ2v) is 5.12. The van der Waals surface area contributed by atoms with E-state index in [2.05, 4.69) is 4.74 Å². The molecule has 0 bridgehead atoms. The average molecular weight is 283 g/mol. The molecular formula is C8H13NO8S. The summed E-state index contributed by atoms with van der Waals surface area (Å²) in [5.41, 5.74) is 0. The number of ether oxygens (including phenoxy) is 1. The highest BCUT2D eigenvalue weighted by atomic mass is 32.2. The number of carbonyl (C=O) groups is 3. The first-order valence-corrected chi connectivity index (χ1v) is 6.34. The van der Waals surface area contributed by atoms with E-state index in [1.54, 1.807) is 4.72 Å². The van der Waals surface area contributed by atoms with E-state index in [4.69, 9.17) is 10.2 Å². The van der Waals surface area contributed by atoms with Gasteiger partial charge in [-0.2, -0.15) is 0 Å². The minimum absolute atomic E-state index is 0.453. The van der Waals surface area contributed by atoms with Gasteiger partial charge in [0.2, 0.25) is 10.0 Å². The van der Waals surface area contributed by atoms with Crippen LogP contribution < -0.4 is 4.72 Å². The van der Waals surface area contributed by atoms with Gasteiger partial charge in [-0.15, -0.1) is 0 Å². The molecule has 0 aliphatic rings. The maximum Gasteiger partial charge on any atom is 0.322 e. The zero-order valence-corrected chi connectivity index (χ0v) is 10.3.